The molecule has 112 valence electrons. The van der Waals surface area contributed by atoms with Gasteiger partial charge in [-0.15, -0.1) is 0 Å². The molecule has 1 aliphatic rings. The summed E-state index contributed by atoms with van der Waals surface area (Å²) in [4.78, 5) is 16.0. The maximum absolute atomic E-state index is 5.48. The standard InChI is InChI=1S/C14H18N4O3/c1-2-11-3-14(21-17-11)6-18(4-12-7-19-9-15-12)5-13-8-20-10-16-13/h7-10,14H,2-6H2,1H3/t14-/m0/s1. The third-order valence-electron chi connectivity index (χ3n) is 3.40. The zero-order valence-corrected chi connectivity index (χ0v) is 11.9. The fourth-order valence-electron chi connectivity index (χ4n) is 2.36. The number of oxime groups is 1. The predicted octanol–water partition coefficient (Wildman–Crippen LogP) is 2.22. The molecule has 0 saturated carbocycles. The molecule has 0 amide bonds. The van der Waals surface area contributed by atoms with Crippen LogP contribution in [0, 0.1) is 0 Å². The van der Waals surface area contributed by atoms with E-state index >= 15 is 0 Å². The highest BCUT2D eigenvalue weighted by atomic mass is 16.6. The first-order chi connectivity index (χ1) is 10.3. The lowest BCUT2D eigenvalue weighted by atomic mass is 10.1. The minimum absolute atomic E-state index is 0.0822. The van der Waals surface area contributed by atoms with E-state index in [0.717, 1.165) is 36.5 Å². The van der Waals surface area contributed by atoms with E-state index in [0.29, 0.717) is 13.1 Å². The van der Waals surface area contributed by atoms with Crippen LogP contribution in [0.4, 0.5) is 0 Å². The van der Waals surface area contributed by atoms with Crippen molar-refractivity contribution in [3.8, 4) is 0 Å². The molecule has 1 atom stereocenters. The van der Waals surface area contributed by atoms with Gasteiger partial charge in [-0.1, -0.05) is 12.1 Å². The Morgan fingerprint density at radius 1 is 1.14 bits per heavy atom. The molecular weight excluding hydrogens is 272 g/mol. The molecule has 0 radical (unpaired) electrons. The van der Waals surface area contributed by atoms with Gasteiger partial charge >= 0.3 is 0 Å². The van der Waals surface area contributed by atoms with Crippen LogP contribution in [-0.4, -0.2) is 33.2 Å². The molecule has 7 heteroatoms. The number of hydrogen-bond donors (Lipinski definition) is 0. The highest BCUT2D eigenvalue weighted by Crippen LogP contribution is 2.16. The van der Waals surface area contributed by atoms with Gasteiger partial charge in [-0.05, 0) is 6.42 Å². The topological polar surface area (TPSA) is 76.9 Å². The molecule has 0 bridgehead atoms. The van der Waals surface area contributed by atoms with Gasteiger partial charge in [0.15, 0.2) is 12.8 Å². The Morgan fingerprint density at radius 3 is 2.29 bits per heavy atom. The summed E-state index contributed by atoms with van der Waals surface area (Å²) >= 11 is 0. The first kappa shape index (κ1) is 13.8. The number of nitrogens with zero attached hydrogens (tertiary/aromatic N) is 4. The molecule has 0 aromatic carbocycles. The summed E-state index contributed by atoms with van der Waals surface area (Å²) in [6, 6.07) is 0. The van der Waals surface area contributed by atoms with Crippen molar-refractivity contribution in [3.05, 3.63) is 36.7 Å². The van der Waals surface area contributed by atoms with E-state index in [2.05, 4.69) is 26.9 Å². The third kappa shape index (κ3) is 3.69. The second-order valence-electron chi connectivity index (χ2n) is 5.07. The Labute approximate surface area is 122 Å². The van der Waals surface area contributed by atoms with Crippen molar-refractivity contribution in [2.24, 2.45) is 5.16 Å². The van der Waals surface area contributed by atoms with Gasteiger partial charge in [0.05, 0.1) is 17.1 Å². The summed E-state index contributed by atoms with van der Waals surface area (Å²) in [5.41, 5.74) is 2.88. The Hall–Kier alpha value is -2.15. The molecule has 0 aliphatic carbocycles. The van der Waals surface area contributed by atoms with Crippen molar-refractivity contribution in [1.82, 2.24) is 14.9 Å². The van der Waals surface area contributed by atoms with E-state index in [1.165, 1.54) is 12.8 Å². The van der Waals surface area contributed by atoms with Crippen LogP contribution in [0.25, 0.3) is 0 Å². The third-order valence-corrected chi connectivity index (χ3v) is 3.40. The zero-order valence-electron chi connectivity index (χ0n) is 11.9. The van der Waals surface area contributed by atoms with Crippen molar-refractivity contribution in [2.75, 3.05) is 6.54 Å². The van der Waals surface area contributed by atoms with E-state index in [1.807, 2.05) is 0 Å². The normalized spacial score (nSPS) is 18.0. The maximum Gasteiger partial charge on any atom is 0.180 e. The van der Waals surface area contributed by atoms with Crippen LogP contribution in [0.2, 0.25) is 0 Å². The van der Waals surface area contributed by atoms with Gasteiger partial charge < -0.3 is 13.7 Å². The van der Waals surface area contributed by atoms with Crippen LogP contribution < -0.4 is 0 Å². The summed E-state index contributed by atoms with van der Waals surface area (Å²) in [6.07, 6.45) is 8.08. The second kappa shape index (κ2) is 6.53. The Morgan fingerprint density at radius 2 is 1.81 bits per heavy atom. The fourth-order valence-corrected chi connectivity index (χ4v) is 2.36. The molecule has 3 heterocycles. The van der Waals surface area contributed by atoms with E-state index in [4.69, 9.17) is 13.7 Å². The van der Waals surface area contributed by atoms with E-state index < -0.39 is 0 Å². The van der Waals surface area contributed by atoms with Crippen molar-refractivity contribution in [1.29, 1.82) is 0 Å². The molecule has 0 fully saturated rings. The number of hydrogen-bond acceptors (Lipinski definition) is 7. The average molecular weight is 290 g/mol. The van der Waals surface area contributed by atoms with Gasteiger partial charge in [-0.25, -0.2) is 9.97 Å². The van der Waals surface area contributed by atoms with Crippen molar-refractivity contribution in [3.63, 3.8) is 0 Å². The average Bonchev–Trinajstić information content (AvgIpc) is 3.20. The largest absolute Gasteiger partial charge is 0.451 e. The Bertz CT molecular complexity index is 529. The lowest BCUT2D eigenvalue weighted by molar-refractivity contribution is 0.0472. The van der Waals surface area contributed by atoms with Crippen molar-refractivity contribution < 1.29 is 13.7 Å². The molecule has 2 aromatic heterocycles. The molecule has 0 saturated heterocycles. The first-order valence-electron chi connectivity index (χ1n) is 7.01. The monoisotopic (exact) mass is 290 g/mol. The molecule has 3 rings (SSSR count). The first-order valence-corrected chi connectivity index (χ1v) is 7.01. The lowest BCUT2D eigenvalue weighted by Gasteiger charge is -2.22. The Kier molecular flexibility index (Phi) is 4.30. The minimum atomic E-state index is 0.0822. The highest BCUT2D eigenvalue weighted by Gasteiger charge is 2.23. The molecule has 7 nitrogen and oxygen atoms in total. The van der Waals surface area contributed by atoms with Crippen LogP contribution in [0.5, 0.6) is 0 Å². The summed E-state index contributed by atoms with van der Waals surface area (Å²) in [5, 5.41) is 4.10. The fraction of sp³-hybridized carbons (Fsp3) is 0.500. The number of aromatic nitrogens is 2. The molecule has 2 aromatic rings. The van der Waals surface area contributed by atoms with Crippen molar-refractivity contribution >= 4 is 5.71 Å². The molecule has 21 heavy (non-hydrogen) atoms. The number of oxazole rings is 2. The summed E-state index contributed by atoms with van der Waals surface area (Å²) < 4.78 is 10.1. The molecule has 0 N–H and O–H groups in total. The zero-order chi connectivity index (χ0) is 14.5. The lowest BCUT2D eigenvalue weighted by Crippen LogP contribution is -2.32. The summed E-state index contributed by atoms with van der Waals surface area (Å²) in [6.45, 7) is 4.19. The smallest absolute Gasteiger partial charge is 0.180 e. The van der Waals surface area contributed by atoms with Crippen LogP contribution in [0.15, 0.2) is 39.3 Å². The van der Waals surface area contributed by atoms with E-state index in [9.17, 15) is 0 Å². The van der Waals surface area contributed by atoms with Gasteiger partial charge in [0.25, 0.3) is 0 Å². The molecule has 0 unspecified atom stereocenters. The van der Waals surface area contributed by atoms with Crippen LogP contribution in [0.3, 0.4) is 0 Å². The van der Waals surface area contributed by atoms with Crippen LogP contribution in [-0.2, 0) is 17.9 Å². The summed E-state index contributed by atoms with van der Waals surface area (Å²) in [7, 11) is 0. The summed E-state index contributed by atoms with van der Waals surface area (Å²) in [5.74, 6) is 0. The quantitative estimate of drug-likeness (QED) is 0.778. The second-order valence-corrected chi connectivity index (χ2v) is 5.07. The molecule has 0 spiro atoms. The van der Waals surface area contributed by atoms with Crippen molar-refractivity contribution in [2.45, 2.75) is 39.0 Å². The SMILES string of the molecule is CCC1=NO[C@H](CN(Cc2cocn2)Cc2cocn2)C1. The van der Waals surface area contributed by atoms with Crippen LogP contribution in [0.1, 0.15) is 31.2 Å². The van der Waals surface area contributed by atoms with Gasteiger partial charge in [-0.2, -0.15) is 0 Å². The van der Waals surface area contributed by atoms with E-state index in [1.54, 1.807) is 12.5 Å². The van der Waals surface area contributed by atoms with Gasteiger partial charge in [-0.3, -0.25) is 4.90 Å². The Balaban J connectivity index is 1.61. The van der Waals surface area contributed by atoms with E-state index in [-0.39, 0.29) is 6.10 Å². The van der Waals surface area contributed by atoms with Gasteiger partial charge in [0.2, 0.25) is 0 Å². The highest BCUT2D eigenvalue weighted by molar-refractivity contribution is 5.85. The minimum Gasteiger partial charge on any atom is -0.451 e. The van der Waals surface area contributed by atoms with Crippen LogP contribution >= 0.6 is 0 Å². The predicted molar refractivity (Wildman–Crippen MR) is 74.3 cm³/mol. The molecule has 1 aliphatic heterocycles. The van der Waals surface area contributed by atoms with Gasteiger partial charge in [0, 0.05) is 26.1 Å². The maximum atomic E-state index is 5.48. The molecular formula is C14H18N4O3. The number of rotatable bonds is 7. The van der Waals surface area contributed by atoms with Gasteiger partial charge in [0.1, 0.15) is 18.6 Å².